The maximum Gasteiger partial charge on any atom is 0.338 e. The van der Waals surface area contributed by atoms with Gasteiger partial charge in [-0.05, 0) is 37.1 Å². The molecule has 2 aromatic heterocycles. The minimum absolute atomic E-state index is 0.0199. The molecule has 0 saturated heterocycles. The average molecular weight is 532 g/mol. The van der Waals surface area contributed by atoms with Gasteiger partial charge in [0.25, 0.3) is 0 Å². The quantitative estimate of drug-likeness (QED) is 0.271. The highest BCUT2D eigenvalue weighted by molar-refractivity contribution is 7.99. The van der Waals surface area contributed by atoms with Crippen LogP contribution in [0.4, 0.5) is 8.78 Å². The number of hydrogen-bond acceptors (Lipinski definition) is 4. The van der Waals surface area contributed by atoms with Crippen molar-refractivity contribution in [2.75, 3.05) is 6.61 Å². The Labute approximate surface area is 215 Å². The average Bonchev–Trinajstić information content (AvgIpc) is 3.49. The van der Waals surface area contributed by atoms with Crippen LogP contribution in [0.3, 0.4) is 0 Å². The molecule has 1 aliphatic carbocycles. The normalized spacial score (nSPS) is 14.1. The van der Waals surface area contributed by atoms with E-state index >= 15 is 8.78 Å². The summed E-state index contributed by atoms with van der Waals surface area (Å²) in [4.78, 5) is 12.3. The van der Waals surface area contributed by atoms with Crippen molar-refractivity contribution >= 4 is 40.2 Å². The number of hydrogen-bond donors (Lipinski definition) is 2. The van der Waals surface area contributed by atoms with E-state index in [9.17, 15) is 15.0 Å². The number of rotatable bonds is 8. The summed E-state index contributed by atoms with van der Waals surface area (Å²) >= 11 is 7.28. The SMILES string of the molecule is CC(C)(CO)Cn1cc(-n2c(C3CC3)c(Sc3cccc(C(=O)O)c3F)c3ccc(Cl)c(F)c32)cn1. The van der Waals surface area contributed by atoms with Crippen LogP contribution in [0.2, 0.25) is 5.02 Å². The number of aromatic carboxylic acids is 1. The van der Waals surface area contributed by atoms with Gasteiger partial charge < -0.3 is 14.8 Å². The molecule has 188 valence electrons. The third kappa shape index (κ3) is 4.40. The topological polar surface area (TPSA) is 80.3 Å². The molecule has 2 N–H and O–H groups in total. The van der Waals surface area contributed by atoms with E-state index < -0.39 is 28.6 Å². The summed E-state index contributed by atoms with van der Waals surface area (Å²) in [6, 6.07) is 7.42. The molecule has 0 unspecified atom stereocenters. The minimum atomic E-state index is -1.35. The first-order valence-corrected chi connectivity index (χ1v) is 12.7. The summed E-state index contributed by atoms with van der Waals surface area (Å²) in [5, 5.41) is 24.0. The molecule has 6 nitrogen and oxygen atoms in total. The van der Waals surface area contributed by atoms with Crippen LogP contribution in [-0.4, -0.2) is 37.1 Å². The number of aliphatic hydroxyl groups excluding tert-OH is 1. The van der Waals surface area contributed by atoms with Gasteiger partial charge >= 0.3 is 5.97 Å². The Morgan fingerprint density at radius 3 is 2.64 bits per heavy atom. The van der Waals surface area contributed by atoms with Crippen molar-refractivity contribution in [3.05, 3.63) is 70.6 Å². The predicted octanol–water partition coefficient (Wildman–Crippen LogP) is 6.50. The largest absolute Gasteiger partial charge is 0.478 e. The van der Waals surface area contributed by atoms with Gasteiger partial charge in [-0.3, -0.25) is 4.68 Å². The van der Waals surface area contributed by atoms with Crippen LogP contribution in [0.1, 0.15) is 48.7 Å². The van der Waals surface area contributed by atoms with Crippen LogP contribution in [0.25, 0.3) is 16.6 Å². The van der Waals surface area contributed by atoms with Gasteiger partial charge in [0.15, 0.2) is 11.6 Å². The van der Waals surface area contributed by atoms with Crippen LogP contribution < -0.4 is 0 Å². The Balaban J connectivity index is 1.72. The van der Waals surface area contributed by atoms with Gasteiger partial charge in [-0.2, -0.15) is 5.10 Å². The van der Waals surface area contributed by atoms with Gasteiger partial charge in [0, 0.05) is 51.6 Å². The Hall–Kier alpha value is -2.88. The Bertz CT molecular complexity index is 1490. The van der Waals surface area contributed by atoms with Crippen LogP contribution >= 0.6 is 23.4 Å². The van der Waals surface area contributed by atoms with Crippen molar-refractivity contribution in [2.45, 2.75) is 48.9 Å². The molecule has 0 bridgehead atoms. The lowest BCUT2D eigenvalue weighted by Crippen LogP contribution is -2.23. The number of benzene rings is 2. The van der Waals surface area contributed by atoms with Crippen LogP contribution in [0, 0.1) is 17.0 Å². The molecule has 4 aromatic rings. The number of carboxylic acids is 1. The summed E-state index contributed by atoms with van der Waals surface area (Å²) in [6.07, 6.45) is 5.22. The predicted molar refractivity (Wildman–Crippen MR) is 134 cm³/mol. The van der Waals surface area contributed by atoms with E-state index in [0.29, 0.717) is 22.5 Å². The number of halogens is 3. The lowest BCUT2D eigenvalue weighted by atomic mass is 9.95. The number of carbonyl (C=O) groups is 1. The van der Waals surface area contributed by atoms with Gasteiger partial charge in [-0.15, -0.1) is 0 Å². The van der Waals surface area contributed by atoms with Gasteiger partial charge in [-0.25, -0.2) is 13.6 Å². The second-order valence-electron chi connectivity index (χ2n) is 9.82. The molecular weight excluding hydrogens is 508 g/mol. The van der Waals surface area contributed by atoms with E-state index in [4.69, 9.17) is 11.6 Å². The Morgan fingerprint density at radius 1 is 1.22 bits per heavy atom. The highest BCUT2D eigenvalue weighted by Crippen LogP contribution is 2.51. The van der Waals surface area contributed by atoms with E-state index in [1.807, 2.05) is 13.8 Å². The van der Waals surface area contributed by atoms with Crippen LogP contribution in [-0.2, 0) is 6.54 Å². The monoisotopic (exact) mass is 531 g/mol. The van der Waals surface area contributed by atoms with E-state index in [2.05, 4.69) is 5.10 Å². The lowest BCUT2D eigenvalue weighted by Gasteiger charge is -2.21. The standard InChI is InChI=1S/C26H24ClF2N3O3S/c1-26(2,13-33)12-31-11-15(10-30-31)32-22(14-6-7-14)24(17-8-9-18(27)21(29)23(17)32)36-19-5-3-4-16(20(19)28)25(34)35/h3-5,8-11,14,33H,6-7,12-13H2,1-2H3,(H,34,35). The van der Waals surface area contributed by atoms with Crippen molar-refractivity contribution in [2.24, 2.45) is 5.41 Å². The summed E-state index contributed by atoms with van der Waals surface area (Å²) in [5.41, 5.74) is 0.894. The van der Waals surface area contributed by atoms with E-state index in [1.54, 1.807) is 27.7 Å². The molecule has 0 atom stereocenters. The molecule has 0 spiro atoms. The molecule has 2 heterocycles. The van der Waals surface area contributed by atoms with Crippen LogP contribution in [0.5, 0.6) is 0 Å². The molecule has 0 radical (unpaired) electrons. The smallest absolute Gasteiger partial charge is 0.338 e. The van der Waals surface area contributed by atoms with Crippen molar-refractivity contribution in [3.63, 3.8) is 0 Å². The number of nitrogens with zero attached hydrogens (tertiary/aromatic N) is 3. The highest BCUT2D eigenvalue weighted by Gasteiger charge is 2.35. The lowest BCUT2D eigenvalue weighted by molar-refractivity contribution is 0.0691. The molecule has 1 saturated carbocycles. The first kappa shape index (κ1) is 24.8. The molecule has 2 aromatic carbocycles. The maximum absolute atomic E-state index is 15.6. The molecule has 1 aliphatic rings. The van der Waals surface area contributed by atoms with Gasteiger partial charge in [-0.1, -0.05) is 43.3 Å². The molecule has 0 amide bonds. The minimum Gasteiger partial charge on any atom is -0.478 e. The van der Waals surface area contributed by atoms with Crippen molar-refractivity contribution in [3.8, 4) is 5.69 Å². The number of aliphatic hydroxyl groups is 1. The Kier molecular flexibility index (Phi) is 6.34. The fraction of sp³-hybridized carbons (Fsp3) is 0.308. The second-order valence-corrected chi connectivity index (χ2v) is 11.3. The third-order valence-electron chi connectivity index (χ3n) is 6.28. The van der Waals surface area contributed by atoms with Gasteiger partial charge in [0.2, 0.25) is 0 Å². The molecular formula is C26H24ClF2N3O3S. The fourth-order valence-electron chi connectivity index (χ4n) is 4.31. The maximum atomic E-state index is 15.6. The second kappa shape index (κ2) is 9.21. The van der Waals surface area contributed by atoms with Crippen molar-refractivity contribution in [1.82, 2.24) is 14.3 Å². The molecule has 0 aliphatic heterocycles. The molecule has 10 heteroatoms. The van der Waals surface area contributed by atoms with Gasteiger partial charge in [0.05, 0.1) is 28.0 Å². The number of fused-ring (bicyclic) bond motifs is 1. The third-order valence-corrected chi connectivity index (χ3v) is 7.74. The van der Waals surface area contributed by atoms with Crippen molar-refractivity contribution < 1.29 is 23.8 Å². The zero-order valence-corrected chi connectivity index (χ0v) is 21.2. The Morgan fingerprint density at radius 2 is 1.97 bits per heavy atom. The first-order valence-electron chi connectivity index (χ1n) is 11.5. The number of aromatic nitrogens is 3. The summed E-state index contributed by atoms with van der Waals surface area (Å²) in [7, 11) is 0. The zero-order chi connectivity index (χ0) is 25.8. The summed E-state index contributed by atoms with van der Waals surface area (Å²) in [6.45, 7) is 4.28. The summed E-state index contributed by atoms with van der Waals surface area (Å²) < 4.78 is 34.2. The molecule has 36 heavy (non-hydrogen) atoms. The van der Waals surface area contributed by atoms with Crippen LogP contribution in [0.15, 0.2) is 52.5 Å². The number of carboxylic acid groups (broad SMARTS) is 1. The summed E-state index contributed by atoms with van der Waals surface area (Å²) in [5.74, 6) is -2.64. The molecule has 1 fully saturated rings. The van der Waals surface area contributed by atoms with E-state index in [1.165, 1.54) is 24.3 Å². The fourth-order valence-corrected chi connectivity index (χ4v) is 5.67. The molecule has 5 rings (SSSR count). The van der Waals surface area contributed by atoms with E-state index in [0.717, 1.165) is 30.3 Å². The van der Waals surface area contributed by atoms with E-state index in [-0.39, 0.29) is 28.0 Å². The highest BCUT2D eigenvalue weighted by atomic mass is 35.5. The zero-order valence-electron chi connectivity index (χ0n) is 19.6. The first-order chi connectivity index (χ1) is 17.1. The van der Waals surface area contributed by atoms with Crippen molar-refractivity contribution in [1.29, 1.82) is 0 Å². The van der Waals surface area contributed by atoms with Gasteiger partial charge in [0.1, 0.15) is 0 Å².